The zero-order chi connectivity index (χ0) is 17.7. The van der Waals surface area contributed by atoms with Gasteiger partial charge in [-0.05, 0) is 17.7 Å². The lowest BCUT2D eigenvalue weighted by Gasteiger charge is -2.05. The van der Waals surface area contributed by atoms with E-state index in [1.807, 2.05) is 0 Å². The largest absolute Gasteiger partial charge is 0.445 e. The molecule has 0 aliphatic heterocycles. The number of rotatable bonds is 5. The third-order valence-electron chi connectivity index (χ3n) is 2.61. The van der Waals surface area contributed by atoms with Crippen LogP contribution in [0, 0.1) is 5.82 Å². The van der Waals surface area contributed by atoms with Crippen molar-refractivity contribution in [2.75, 3.05) is 11.9 Å². The highest BCUT2D eigenvalue weighted by atomic mass is 32.1. The molecular formula is C13H10F4N4O2S. The predicted octanol–water partition coefficient (Wildman–Crippen LogP) is 1.99. The van der Waals surface area contributed by atoms with E-state index in [0.717, 1.165) is 0 Å². The number of carbonyl (C=O) groups excluding carboxylic acids is 2. The Morgan fingerprint density at radius 3 is 2.54 bits per heavy atom. The Hall–Kier alpha value is -2.56. The van der Waals surface area contributed by atoms with E-state index < -0.39 is 35.4 Å². The maximum absolute atomic E-state index is 13.0. The Morgan fingerprint density at radius 1 is 1.17 bits per heavy atom. The van der Waals surface area contributed by atoms with Crippen LogP contribution in [0.3, 0.4) is 0 Å². The van der Waals surface area contributed by atoms with Crippen LogP contribution in [0.5, 0.6) is 0 Å². The summed E-state index contributed by atoms with van der Waals surface area (Å²) >= 11 is 0.173. The molecule has 0 fully saturated rings. The summed E-state index contributed by atoms with van der Waals surface area (Å²) in [4.78, 5) is 23.2. The van der Waals surface area contributed by atoms with Crippen molar-refractivity contribution >= 4 is 28.3 Å². The number of aromatic nitrogens is 2. The molecule has 0 atom stereocenters. The fourth-order valence-corrected chi connectivity index (χ4v) is 2.25. The second kappa shape index (κ2) is 7.34. The molecule has 0 spiro atoms. The third kappa shape index (κ3) is 5.26. The normalized spacial score (nSPS) is 11.2. The Morgan fingerprint density at radius 2 is 1.92 bits per heavy atom. The summed E-state index contributed by atoms with van der Waals surface area (Å²) in [7, 11) is 0. The second-order valence-electron chi connectivity index (χ2n) is 4.54. The first-order valence-electron chi connectivity index (χ1n) is 6.46. The lowest BCUT2D eigenvalue weighted by atomic mass is 10.1. The molecule has 1 heterocycles. The fourth-order valence-electron chi connectivity index (χ4n) is 1.63. The Labute approximate surface area is 136 Å². The van der Waals surface area contributed by atoms with Gasteiger partial charge in [-0.2, -0.15) is 13.2 Å². The SMILES string of the molecule is O=C(Cc1cccc(F)c1)NCC(=O)Nc1nnc(C(F)(F)F)s1. The molecule has 2 N–H and O–H groups in total. The minimum atomic E-state index is -4.64. The Kier molecular flexibility index (Phi) is 5.44. The number of hydrogen-bond donors (Lipinski definition) is 2. The zero-order valence-electron chi connectivity index (χ0n) is 11.9. The molecule has 1 aromatic carbocycles. The first-order chi connectivity index (χ1) is 11.2. The first-order valence-corrected chi connectivity index (χ1v) is 7.27. The van der Waals surface area contributed by atoms with E-state index in [4.69, 9.17) is 0 Å². The summed E-state index contributed by atoms with van der Waals surface area (Å²) in [5.74, 6) is -1.79. The molecule has 6 nitrogen and oxygen atoms in total. The smallest absolute Gasteiger partial charge is 0.347 e. The van der Waals surface area contributed by atoms with E-state index in [1.54, 1.807) is 6.07 Å². The topological polar surface area (TPSA) is 84.0 Å². The van der Waals surface area contributed by atoms with Gasteiger partial charge in [0.1, 0.15) is 5.82 Å². The fraction of sp³-hybridized carbons (Fsp3) is 0.231. The van der Waals surface area contributed by atoms with Gasteiger partial charge in [0.05, 0.1) is 13.0 Å². The molecule has 0 radical (unpaired) electrons. The molecule has 0 aliphatic rings. The van der Waals surface area contributed by atoms with Gasteiger partial charge in [0, 0.05) is 0 Å². The van der Waals surface area contributed by atoms with Crippen LogP contribution in [0.2, 0.25) is 0 Å². The average molecular weight is 362 g/mol. The summed E-state index contributed by atoms with van der Waals surface area (Å²) in [6.07, 6.45) is -4.78. The molecule has 2 amide bonds. The van der Waals surface area contributed by atoms with Gasteiger partial charge in [-0.1, -0.05) is 23.5 Å². The van der Waals surface area contributed by atoms with Gasteiger partial charge in [0.25, 0.3) is 0 Å². The van der Waals surface area contributed by atoms with Crippen LogP contribution in [0.25, 0.3) is 0 Å². The number of nitrogens with zero attached hydrogens (tertiary/aromatic N) is 2. The van der Waals surface area contributed by atoms with E-state index in [9.17, 15) is 27.2 Å². The minimum absolute atomic E-state index is 0.137. The van der Waals surface area contributed by atoms with E-state index in [0.29, 0.717) is 5.56 Å². The number of amides is 2. The minimum Gasteiger partial charge on any atom is -0.347 e. The molecule has 2 aromatic rings. The standard InChI is InChI=1S/C13H10F4N4O2S/c14-8-3-1-2-7(4-8)5-9(22)18-6-10(23)19-12-21-20-11(24-12)13(15,16)17/h1-4H,5-6H2,(H,18,22)(H,19,21,23). The molecule has 0 unspecified atom stereocenters. The van der Waals surface area contributed by atoms with Gasteiger partial charge in [-0.15, -0.1) is 10.2 Å². The van der Waals surface area contributed by atoms with Crippen LogP contribution in [0.1, 0.15) is 10.6 Å². The second-order valence-corrected chi connectivity index (χ2v) is 5.52. The monoisotopic (exact) mass is 362 g/mol. The molecule has 1 aromatic heterocycles. The zero-order valence-corrected chi connectivity index (χ0v) is 12.7. The van der Waals surface area contributed by atoms with Gasteiger partial charge in [-0.25, -0.2) is 4.39 Å². The predicted molar refractivity (Wildman–Crippen MR) is 76.7 cm³/mol. The molecule has 0 saturated heterocycles. The van der Waals surface area contributed by atoms with Crippen LogP contribution in [-0.4, -0.2) is 28.6 Å². The van der Waals surface area contributed by atoms with Crippen molar-refractivity contribution < 1.29 is 27.2 Å². The molecule has 0 bridgehead atoms. The lowest BCUT2D eigenvalue weighted by molar-refractivity contribution is -0.138. The van der Waals surface area contributed by atoms with E-state index in [1.165, 1.54) is 18.2 Å². The highest BCUT2D eigenvalue weighted by Crippen LogP contribution is 2.32. The van der Waals surface area contributed by atoms with Crippen LogP contribution < -0.4 is 10.6 Å². The van der Waals surface area contributed by atoms with Gasteiger partial charge in [0.2, 0.25) is 22.0 Å². The quantitative estimate of drug-likeness (QED) is 0.797. The highest BCUT2D eigenvalue weighted by Gasteiger charge is 2.35. The Balaban J connectivity index is 1.80. The van der Waals surface area contributed by atoms with Gasteiger partial charge in [0.15, 0.2) is 0 Å². The average Bonchev–Trinajstić information content (AvgIpc) is 2.94. The maximum atomic E-state index is 13.0. The summed E-state index contributed by atoms with van der Waals surface area (Å²) in [5, 5.41) is 8.94. The molecule has 0 saturated carbocycles. The molecule has 11 heteroatoms. The number of nitrogens with one attached hydrogen (secondary N) is 2. The van der Waals surface area contributed by atoms with Crippen molar-refractivity contribution in [3.05, 3.63) is 40.7 Å². The van der Waals surface area contributed by atoms with Crippen molar-refractivity contribution in [2.24, 2.45) is 0 Å². The number of halogens is 4. The van der Waals surface area contributed by atoms with Crippen LogP contribution in [0.15, 0.2) is 24.3 Å². The van der Waals surface area contributed by atoms with E-state index in [-0.39, 0.29) is 22.9 Å². The number of hydrogen-bond acceptors (Lipinski definition) is 5. The summed E-state index contributed by atoms with van der Waals surface area (Å²) in [6.45, 7) is -0.463. The first kappa shape index (κ1) is 17.8. The summed E-state index contributed by atoms with van der Waals surface area (Å²) in [5.41, 5.74) is 0.423. The summed E-state index contributed by atoms with van der Waals surface area (Å²) in [6, 6.07) is 5.40. The molecule has 24 heavy (non-hydrogen) atoms. The molecular weight excluding hydrogens is 352 g/mol. The van der Waals surface area contributed by atoms with Crippen LogP contribution >= 0.6 is 11.3 Å². The van der Waals surface area contributed by atoms with Crippen molar-refractivity contribution in [3.8, 4) is 0 Å². The van der Waals surface area contributed by atoms with Crippen LogP contribution in [0.4, 0.5) is 22.7 Å². The van der Waals surface area contributed by atoms with Gasteiger partial charge >= 0.3 is 6.18 Å². The summed E-state index contributed by atoms with van der Waals surface area (Å²) < 4.78 is 50.0. The lowest BCUT2D eigenvalue weighted by Crippen LogP contribution is -2.33. The number of benzene rings is 1. The van der Waals surface area contributed by atoms with E-state index >= 15 is 0 Å². The molecule has 0 aliphatic carbocycles. The number of anilines is 1. The van der Waals surface area contributed by atoms with E-state index in [2.05, 4.69) is 20.8 Å². The maximum Gasteiger partial charge on any atom is 0.445 e. The van der Waals surface area contributed by atoms with Crippen molar-refractivity contribution in [1.29, 1.82) is 0 Å². The Bertz CT molecular complexity index is 748. The molecule has 2 rings (SSSR count). The van der Waals surface area contributed by atoms with Gasteiger partial charge in [-0.3, -0.25) is 14.9 Å². The van der Waals surface area contributed by atoms with Crippen molar-refractivity contribution in [3.63, 3.8) is 0 Å². The molecule has 128 valence electrons. The van der Waals surface area contributed by atoms with Gasteiger partial charge < -0.3 is 5.32 Å². The van der Waals surface area contributed by atoms with Crippen LogP contribution in [-0.2, 0) is 22.2 Å². The highest BCUT2D eigenvalue weighted by molar-refractivity contribution is 7.15. The number of carbonyl (C=O) groups is 2. The third-order valence-corrected chi connectivity index (χ3v) is 3.50. The van der Waals surface area contributed by atoms with Crippen molar-refractivity contribution in [1.82, 2.24) is 15.5 Å². The van der Waals surface area contributed by atoms with Crippen molar-refractivity contribution in [2.45, 2.75) is 12.6 Å². The number of alkyl halides is 3.